The molecule has 0 bridgehead atoms. The van der Waals surface area contributed by atoms with Crippen molar-refractivity contribution in [2.75, 3.05) is 7.11 Å². The molecule has 0 amide bonds. The lowest BCUT2D eigenvalue weighted by atomic mass is 10.1. The number of aliphatic hydroxyl groups excluding tert-OH is 1. The zero-order valence-corrected chi connectivity index (χ0v) is 9.53. The Hall–Kier alpha value is -1.28. The van der Waals surface area contributed by atoms with E-state index in [1.54, 1.807) is 14.0 Å². The molecule has 0 aliphatic rings. The maximum Gasteiger partial charge on any atom is 0.118 e. The summed E-state index contributed by atoms with van der Waals surface area (Å²) in [5.74, 6) is 0.871. The summed E-state index contributed by atoms with van der Waals surface area (Å²) in [6.07, 6.45) is 2.36. The number of methoxy groups -OCH3 is 1. The van der Waals surface area contributed by atoms with Gasteiger partial charge in [-0.25, -0.2) is 0 Å². The molecule has 0 aliphatic heterocycles. The molecule has 1 unspecified atom stereocenters. The second-order valence-electron chi connectivity index (χ2n) is 3.78. The molecule has 0 heterocycles. The number of hydrogen-bond donors (Lipinski definition) is 1. The Labute approximate surface area is 91.2 Å². The average molecular weight is 206 g/mol. The number of rotatable bonds is 4. The normalized spacial score (nSPS) is 13.7. The van der Waals surface area contributed by atoms with Gasteiger partial charge >= 0.3 is 0 Å². The summed E-state index contributed by atoms with van der Waals surface area (Å²) in [7, 11) is 1.66. The molecule has 2 nitrogen and oxygen atoms in total. The predicted octanol–water partition coefficient (Wildman–Crippen LogP) is 2.56. The van der Waals surface area contributed by atoms with Crippen LogP contribution in [0.1, 0.15) is 19.4 Å². The molecule has 0 spiro atoms. The van der Waals surface area contributed by atoms with E-state index < -0.39 is 0 Å². The minimum atomic E-state index is -0.372. The molecule has 1 N–H and O–H groups in total. The standard InChI is InChI=1S/C13H18O2/c1-10(8-11(2)14)9-12-4-6-13(15-3)7-5-12/h4-8,11,14H,9H2,1-3H3/b10-8+. The van der Waals surface area contributed by atoms with Gasteiger partial charge in [0.05, 0.1) is 13.2 Å². The molecule has 0 aliphatic carbocycles. The second kappa shape index (κ2) is 5.56. The van der Waals surface area contributed by atoms with Crippen LogP contribution < -0.4 is 4.74 Å². The first-order chi connectivity index (χ1) is 7.11. The number of benzene rings is 1. The summed E-state index contributed by atoms with van der Waals surface area (Å²) < 4.78 is 5.08. The van der Waals surface area contributed by atoms with E-state index in [1.165, 1.54) is 11.1 Å². The number of aliphatic hydroxyl groups is 1. The highest BCUT2D eigenvalue weighted by Gasteiger charge is 1.97. The highest BCUT2D eigenvalue weighted by Crippen LogP contribution is 2.14. The van der Waals surface area contributed by atoms with Crippen LogP contribution in [0.2, 0.25) is 0 Å². The van der Waals surface area contributed by atoms with Crippen molar-refractivity contribution in [1.29, 1.82) is 0 Å². The average Bonchev–Trinajstić information content (AvgIpc) is 2.17. The van der Waals surface area contributed by atoms with Gasteiger partial charge in [-0.2, -0.15) is 0 Å². The summed E-state index contributed by atoms with van der Waals surface area (Å²) in [6.45, 7) is 3.79. The third-order valence-corrected chi connectivity index (χ3v) is 2.17. The Kier molecular flexibility index (Phi) is 4.37. The molecule has 0 saturated carbocycles. The van der Waals surface area contributed by atoms with E-state index in [0.717, 1.165) is 12.2 Å². The van der Waals surface area contributed by atoms with Crippen molar-refractivity contribution >= 4 is 0 Å². The SMILES string of the molecule is COc1ccc(C/C(C)=C/C(C)O)cc1. The van der Waals surface area contributed by atoms with Gasteiger partial charge < -0.3 is 9.84 Å². The van der Waals surface area contributed by atoms with E-state index in [1.807, 2.05) is 37.3 Å². The summed E-state index contributed by atoms with van der Waals surface area (Å²) in [4.78, 5) is 0. The van der Waals surface area contributed by atoms with Crippen LogP contribution in [0, 0.1) is 0 Å². The molecule has 1 aromatic rings. The fraction of sp³-hybridized carbons (Fsp3) is 0.385. The molecule has 82 valence electrons. The van der Waals surface area contributed by atoms with Crippen LogP contribution in [0.4, 0.5) is 0 Å². The van der Waals surface area contributed by atoms with Gasteiger partial charge in [-0.05, 0) is 38.0 Å². The third kappa shape index (κ3) is 4.17. The van der Waals surface area contributed by atoms with Crippen LogP contribution in [-0.2, 0) is 6.42 Å². The maximum absolute atomic E-state index is 9.19. The Morgan fingerprint density at radius 3 is 2.47 bits per heavy atom. The molecule has 1 aromatic carbocycles. The smallest absolute Gasteiger partial charge is 0.118 e. The van der Waals surface area contributed by atoms with Crippen LogP contribution >= 0.6 is 0 Å². The monoisotopic (exact) mass is 206 g/mol. The van der Waals surface area contributed by atoms with Crippen LogP contribution in [0.25, 0.3) is 0 Å². The number of allylic oxidation sites excluding steroid dienone is 1. The lowest BCUT2D eigenvalue weighted by molar-refractivity contribution is 0.243. The largest absolute Gasteiger partial charge is 0.497 e. The maximum atomic E-state index is 9.19. The van der Waals surface area contributed by atoms with Crippen molar-refractivity contribution in [1.82, 2.24) is 0 Å². The van der Waals surface area contributed by atoms with E-state index in [4.69, 9.17) is 4.74 Å². The van der Waals surface area contributed by atoms with Crippen molar-refractivity contribution in [3.8, 4) is 5.75 Å². The fourth-order valence-corrected chi connectivity index (χ4v) is 1.54. The van der Waals surface area contributed by atoms with Crippen LogP contribution in [0.15, 0.2) is 35.9 Å². The first kappa shape index (κ1) is 11.8. The molecular weight excluding hydrogens is 188 g/mol. The quantitative estimate of drug-likeness (QED) is 0.767. The van der Waals surface area contributed by atoms with Gasteiger partial charge in [0.15, 0.2) is 0 Å². The molecule has 0 saturated heterocycles. The minimum absolute atomic E-state index is 0.372. The Morgan fingerprint density at radius 1 is 1.40 bits per heavy atom. The van der Waals surface area contributed by atoms with Crippen LogP contribution in [0.3, 0.4) is 0 Å². The molecule has 0 aromatic heterocycles. The first-order valence-corrected chi connectivity index (χ1v) is 5.10. The number of ether oxygens (including phenoxy) is 1. The Balaban J connectivity index is 2.65. The van der Waals surface area contributed by atoms with Crippen molar-refractivity contribution in [3.05, 3.63) is 41.5 Å². The predicted molar refractivity (Wildman–Crippen MR) is 62.1 cm³/mol. The van der Waals surface area contributed by atoms with E-state index in [0.29, 0.717) is 0 Å². The van der Waals surface area contributed by atoms with Crippen molar-refractivity contribution in [2.45, 2.75) is 26.4 Å². The first-order valence-electron chi connectivity index (χ1n) is 5.10. The molecular formula is C13H18O2. The van der Waals surface area contributed by atoms with Crippen molar-refractivity contribution in [3.63, 3.8) is 0 Å². The van der Waals surface area contributed by atoms with Gasteiger partial charge in [-0.3, -0.25) is 0 Å². The fourth-order valence-electron chi connectivity index (χ4n) is 1.54. The Bertz CT molecular complexity index is 323. The van der Waals surface area contributed by atoms with Gasteiger partial charge in [0.2, 0.25) is 0 Å². The number of hydrogen-bond acceptors (Lipinski definition) is 2. The summed E-state index contributed by atoms with van der Waals surface area (Å²) in [6, 6.07) is 7.98. The molecule has 0 fully saturated rings. The van der Waals surface area contributed by atoms with Crippen molar-refractivity contribution in [2.24, 2.45) is 0 Å². The molecule has 2 heteroatoms. The van der Waals surface area contributed by atoms with Gasteiger partial charge in [-0.1, -0.05) is 23.8 Å². The van der Waals surface area contributed by atoms with E-state index >= 15 is 0 Å². The highest BCUT2D eigenvalue weighted by atomic mass is 16.5. The van der Waals surface area contributed by atoms with Gasteiger partial charge in [0, 0.05) is 0 Å². The van der Waals surface area contributed by atoms with E-state index in [9.17, 15) is 5.11 Å². The molecule has 1 atom stereocenters. The van der Waals surface area contributed by atoms with Crippen molar-refractivity contribution < 1.29 is 9.84 Å². The zero-order valence-electron chi connectivity index (χ0n) is 9.53. The topological polar surface area (TPSA) is 29.5 Å². The summed E-state index contributed by atoms with van der Waals surface area (Å²) >= 11 is 0. The third-order valence-electron chi connectivity index (χ3n) is 2.17. The van der Waals surface area contributed by atoms with Gasteiger partial charge in [0.25, 0.3) is 0 Å². The summed E-state index contributed by atoms with van der Waals surface area (Å²) in [5.41, 5.74) is 2.40. The highest BCUT2D eigenvalue weighted by molar-refractivity contribution is 5.29. The summed E-state index contributed by atoms with van der Waals surface area (Å²) in [5, 5.41) is 9.19. The van der Waals surface area contributed by atoms with Gasteiger partial charge in [0.1, 0.15) is 5.75 Å². The zero-order chi connectivity index (χ0) is 11.3. The van der Waals surface area contributed by atoms with Crippen LogP contribution in [-0.4, -0.2) is 18.3 Å². The molecule has 0 radical (unpaired) electrons. The lowest BCUT2D eigenvalue weighted by Crippen LogP contribution is -1.96. The minimum Gasteiger partial charge on any atom is -0.497 e. The van der Waals surface area contributed by atoms with Gasteiger partial charge in [-0.15, -0.1) is 0 Å². The van der Waals surface area contributed by atoms with E-state index in [2.05, 4.69) is 0 Å². The second-order valence-corrected chi connectivity index (χ2v) is 3.78. The molecule has 15 heavy (non-hydrogen) atoms. The van der Waals surface area contributed by atoms with E-state index in [-0.39, 0.29) is 6.10 Å². The van der Waals surface area contributed by atoms with Crippen LogP contribution in [0.5, 0.6) is 5.75 Å². The molecule has 1 rings (SSSR count). The Morgan fingerprint density at radius 2 is 2.00 bits per heavy atom. The lowest BCUT2D eigenvalue weighted by Gasteiger charge is -2.05.